The predicted molar refractivity (Wildman–Crippen MR) is 242 cm³/mol. The Bertz CT molecular complexity index is 1670. The first kappa shape index (κ1) is 56.2. The van der Waals surface area contributed by atoms with Gasteiger partial charge in [0, 0.05) is 55.9 Å². The van der Waals surface area contributed by atoms with E-state index in [0.29, 0.717) is 31.8 Å². The smallest absolute Gasteiger partial charge is 0.408 e. The average Bonchev–Trinajstić information content (AvgIpc) is 3.57. The Kier molecular flexibility index (Phi) is 26.4. The van der Waals surface area contributed by atoms with E-state index in [2.05, 4.69) is 25.5 Å². The van der Waals surface area contributed by atoms with E-state index in [-0.39, 0.29) is 48.3 Å². The number of hydrogen-bond acceptors (Lipinski definition) is 13. The summed E-state index contributed by atoms with van der Waals surface area (Å²) in [6, 6.07) is 7.92. The number of ether oxygens (including phenoxy) is 4. The molecule has 3 aliphatic rings. The largest absolute Gasteiger partial charge is 0.481 e. The molecular weight excluding hydrogens is 811 g/mol. The number of nitrogens with zero attached hydrogens (tertiary/aromatic N) is 3. The number of rotatable bonds is 8. The van der Waals surface area contributed by atoms with E-state index in [1.807, 2.05) is 85.1 Å². The van der Waals surface area contributed by atoms with E-state index in [0.717, 1.165) is 42.5 Å². The van der Waals surface area contributed by atoms with Crippen molar-refractivity contribution in [2.24, 2.45) is 23.7 Å². The molecule has 0 aliphatic carbocycles. The Balaban J connectivity index is 0.000000462. The summed E-state index contributed by atoms with van der Waals surface area (Å²) in [6.07, 6.45) is 13.3. The highest BCUT2D eigenvalue weighted by Crippen LogP contribution is 2.32. The van der Waals surface area contributed by atoms with Gasteiger partial charge in [-0.2, -0.15) is 0 Å². The maximum absolute atomic E-state index is 12.9. The van der Waals surface area contributed by atoms with Gasteiger partial charge in [-0.1, -0.05) is 91.3 Å². The lowest BCUT2D eigenvalue weighted by atomic mass is 9.80. The normalized spacial score (nSPS) is 27.4. The van der Waals surface area contributed by atoms with Crippen molar-refractivity contribution >= 4 is 36.3 Å². The van der Waals surface area contributed by atoms with Crippen LogP contribution < -0.4 is 10.6 Å². The highest BCUT2D eigenvalue weighted by molar-refractivity contribution is 5.85. The number of nitrogens with one attached hydrogen (secondary N) is 2. The fourth-order valence-corrected chi connectivity index (χ4v) is 6.98. The Labute approximate surface area is 374 Å². The number of fused-ring (bicyclic) bond motifs is 1. The van der Waals surface area contributed by atoms with Gasteiger partial charge in [0.15, 0.2) is 11.9 Å². The Morgan fingerprint density at radius 3 is 2.22 bits per heavy atom. The van der Waals surface area contributed by atoms with Crippen LogP contribution in [-0.2, 0) is 38.1 Å². The molecule has 16 nitrogen and oxygen atoms in total. The molecule has 3 aliphatic heterocycles. The summed E-state index contributed by atoms with van der Waals surface area (Å²) in [4.78, 5) is 67.2. The third-order valence-corrected chi connectivity index (χ3v) is 10.8. The summed E-state index contributed by atoms with van der Waals surface area (Å²) in [5, 5.41) is 22.5. The summed E-state index contributed by atoms with van der Waals surface area (Å²) in [7, 11) is 5.72. The fraction of sp³-hybridized carbons (Fsp3) is 0.638. The highest BCUT2D eigenvalue weighted by atomic mass is 16.6. The van der Waals surface area contributed by atoms with Crippen molar-refractivity contribution in [3.63, 3.8) is 0 Å². The summed E-state index contributed by atoms with van der Waals surface area (Å²) >= 11 is 0. The summed E-state index contributed by atoms with van der Waals surface area (Å²) in [6.45, 7) is 17.0. The van der Waals surface area contributed by atoms with Crippen molar-refractivity contribution < 1.29 is 53.1 Å². The van der Waals surface area contributed by atoms with E-state index < -0.39 is 35.9 Å². The van der Waals surface area contributed by atoms with Crippen LogP contribution in [0.3, 0.4) is 0 Å². The summed E-state index contributed by atoms with van der Waals surface area (Å²) in [5.41, 5.74) is 1.91. The molecule has 16 heteroatoms. The number of carboxylic acids is 1. The van der Waals surface area contributed by atoms with E-state index in [9.17, 15) is 29.1 Å². The Morgan fingerprint density at radius 2 is 1.68 bits per heavy atom. The van der Waals surface area contributed by atoms with Crippen LogP contribution in [0.25, 0.3) is 17.3 Å². The van der Waals surface area contributed by atoms with Crippen molar-refractivity contribution in [2.45, 2.75) is 137 Å². The molecule has 2 amide bonds. The molecule has 6 unspecified atom stereocenters. The summed E-state index contributed by atoms with van der Waals surface area (Å²) in [5.74, 6) is -2.13. The van der Waals surface area contributed by atoms with Gasteiger partial charge in [0.05, 0.1) is 42.0 Å². The van der Waals surface area contributed by atoms with Crippen molar-refractivity contribution in [2.75, 3.05) is 34.4 Å². The minimum Gasteiger partial charge on any atom is -0.481 e. The third-order valence-electron chi connectivity index (χ3n) is 10.8. The zero-order chi connectivity index (χ0) is 47.7. The van der Waals surface area contributed by atoms with Crippen LogP contribution in [0.15, 0.2) is 48.9 Å². The van der Waals surface area contributed by atoms with Gasteiger partial charge in [0.25, 0.3) is 0 Å². The number of aliphatic hydroxyl groups is 1. The van der Waals surface area contributed by atoms with Crippen molar-refractivity contribution in [1.29, 1.82) is 0 Å². The number of carbonyl (C=O) groups is 5. The number of cyclic esters (lactones) is 1. The SMILES string of the molecule is CC.CC(C)C(=O)O.CC1CC(N(C)C)CC(O)O1.CO[C@H]1CCCC(C)C(=O)OC[C@@]2(C)OC(=O)NC2C(C)C(=O)[C@H](C)C1.O=CNC/C=C/c1ccc(-c2cnccn2)cc1. The molecule has 1 aromatic heterocycles. The minimum atomic E-state index is -1.06. The number of ketones is 1. The molecule has 3 fully saturated rings. The zero-order valence-electron chi connectivity index (χ0n) is 39.5. The van der Waals surface area contributed by atoms with Crippen LogP contribution in [0, 0.1) is 23.7 Å². The van der Waals surface area contributed by atoms with E-state index in [1.54, 1.807) is 53.4 Å². The lowest BCUT2D eigenvalue weighted by Crippen LogP contribution is -2.52. The molecule has 63 heavy (non-hydrogen) atoms. The van der Waals surface area contributed by atoms with Gasteiger partial charge >= 0.3 is 18.0 Å². The predicted octanol–water partition coefficient (Wildman–Crippen LogP) is 6.55. The molecule has 0 saturated carbocycles. The quantitative estimate of drug-likeness (QED) is 0.126. The Hall–Kier alpha value is -4.77. The molecule has 4 N–H and O–H groups in total. The lowest BCUT2D eigenvalue weighted by Gasteiger charge is -2.34. The molecule has 3 saturated heterocycles. The van der Waals surface area contributed by atoms with Crippen LogP contribution in [0.5, 0.6) is 0 Å². The molecule has 2 aromatic rings. The van der Waals surface area contributed by atoms with Gasteiger partial charge in [-0.05, 0) is 59.2 Å². The standard InChI is InChI=1S/C19H31NO6.C14H13N3O.C8H17NO2.C4H8O2.C2H6/c1-11-7-6-8-14(24-5)9-12(2)15(21)13(3)16-19(4,10-25-17(11)22)26-18(23)20-16;18-11-16-7-1-2-12-3-5-13(6-4-12)14-10-15-8-9-17-14;1-6-4-7(9(2)3)5-8(10)11-6;1-3(2)4(5)6;1-2/h11-14,16H,6-10H2,1-5H3,(H,20,23);1-6,8-11H,7H2,(H,16,18);6-8,10H,4-5H2,1-3H3;3H,1-2H3,(H,5,6);1-2H3/b;2-1+;;;/t11?,12-,13?,14+,16?,19-;;;;/m1..../s1. The molecule has 0 spiro atoms. The number of methoxy groups -OCH3 is 1. The number of esters is 1. The van der Waals surface area contributed by atoms with Crippen LogP contribution in [0.4, 0.5) is 4.79 Å². The molecule has 0 bridgehead atoms. The maximum atomic E-state index is 12.9. The molecule has 0 radical (unpaired) electrons. The molecule has 354 valence electrons. The first-order valence-electron chi connectivity index (χ1n) is 22.0. The number of aliphatic hydroxyl groups excluding tert-OH is 1. The van der Waals surface area contributed by atoms with E-state index in [4.69, 9.17) is 24.1 Å². The number of aromatic nitrogens is 2. The molecule has 9 atom stereocenters. The van der Waals surface area contributed by atoms with Crippen LogP contribution in [0.2, 0.25) is 0 Å². The third kappa shape index (κ3) is 20.5. The number of carbonyl (C=O) groups excluding carboxylic acids is 4. The van der Waals surface area contributed by atoms with Gasteiger partial charge in [-0.15, -0.1) is 0 Å². The van der Waals surface area contributed by atoms with Gasteiger partial charge in [0.2, 0.25) is 6.41 Å². The van der Waals surface area contributed by atoms with Crippen LogP contribution in [0.1, 0.15) is 106 Å². The van der Waals surface area contributed by atoms with Gasteiger partial charge in [-0.25, -0.2) is 4.79 Å². The van der Waals surface area contributed by atoms with Crippen molar-refractivity contribution in [1.82, 2.24) is 25.5 Å². The molecule has 1 aromatic carbocycles. The van der Waals surface area contributed by atoms with Crippen molar-refractivity contribution in [3.05, 3.63) is 54.5 Å². The summed E-state index contributed by atoms with van der Waals surface area (Å²) < 4.78 is 21.5. The average molecular weight is 886 g/mol. The van der Waals surface area contributed by atoms with Crippen LogP contribution >= 0.6 is 0 Å². The lowest BCUT2D eigenvalue weighted by molar-refractivity contribution is -0.172. The second kappa shape index (κ2) is 29.6. The fourth-order valence-electron chi connectivity index (χ4n) is 6.98. The number of amides is 2. The van der Waals surface area contributed by atoms with E-state index >= 15 is 0 Å². The van der Waals surface area contributed by atoms with E-state index in [1.165, 1.54) is 0 Å². The minimum absolute atomic E-state index is 0.0342. The maximum Gasteiger partial charge on any atom is 0.408 e. The zero-order valence-corrected chi connectivity index (χ0v) is 39.5. The van der Waals surface area contributed by atoms with Gasteiger partial charge in [0.1, 0.15) is 12.4 Å². The number of aliphatic carboxylic acids is 1. The van der Waals surface area contributed by atoms with Gasteiger partial charge < -0.3 is 44.7 Å². The molecule has 4 heterocycles. The molecule has 5 rings (SSSR count). The number of hydrogen-bond donors (Lipinski definition) is 4. The second-order valence-electron chi connectivity index (χ2n) is 16.6. The number of Topliss-reactive ketones (excluding diaryl/α,β-unsaturated/α-hetero) is 1. The van der Waals surface area contributed by atoms with Crippen LogP contribution in [-0.4, -0.2) is 126 Å². The Morgan fingerprint density at radius 1 is 1.03 bits per heavy atom. The first-order valence-corrected chi connectivity index (χ1v) is 22.0. The number of benzene rings is 1. The second-order valence-corrected chi connectivity index (χ2v) is 16.6. The molecular formula is C47H75N5O11. The number of alkyl carbamates (subject to hydrolysis) is 1. The monoisotopic (exact) mass is 886 g/mol. The highest BCUT2D eigenvalue weighted by Gasteiger charge is 2.51. The van der Waals surface area contributed by atoms with Crippen molar-refractivity contribution in [3.8, 4) is 11.3 Å². The number of carboxylic acid groups (broad SMARTS) is 1. The first-order chi connectivity index (χ1) is 29.8. The topological polar surface area (TPSA) is 216 Å². The van der Waals surface area contributed by atoms with Gasteiger partial charge in [-0.3, -0.25) is 29.1 Å².